The summed E-state index contributed by atoms with van der Waals surface area (Å²) < 4.78 is 22.4. The van der Waals surface area contributed by atoms with Crippen LogP contribution in [0.2, 0.25) is 0 Å². The van der Waals surface area contributed by atoms with Gasteiger partial charge in [0.1, 0.15) is 17.0 Å². The highest BCUT2D eigenvalue weighted by molar-refractivity contribution is 5.97. The normalized spacial score (nSPS) is 12.5. The van der Waals surface area contributed by atoms with Gasteiger partial charge < -0.3 is 18.9 Å². The molecule has 0 aliphatic carbocycles. The topological polar surface area (TPSA) is 113 Å². The highest BCUT2D eigenvalue weighted by Gasteiger charge is 2.23. The lowest BCUT2D eigenvalue weighted by atomic mass is 10.1. The number of ether oxygens (including phenoxy) is 4. The van der Waals surface area contributed by atoms with E-state index >= 15 is 0 Å². The minimum Gasteiger partial charge on any atom is -0.456 e. The molecule has 0 fully saturated rings. The number of carbonyl (C=O) groups excluding carboxylic acids is 3. The summed E-state index contributed by atoms with van der Waals surface area (Å²) in [5, 5.41) is 8.52. The second-order valence-corrected chi connectivity index (χ2v) is 12.4. The molecule has 234 valence electrons. The first kappa shape index (κ1) is 35.2. The van der Waals surface area contributed by atoms with Crippen molar-refractivity contribution < 1.29 is 33.3 Å². The molecular formula is C34H46N2O7. The van der Waals surface area contributed by atoms with Gasteiger partial charge in [-0.3, -0.25) is 0 Å². The largest absolute Gasteiger partial charge is 0.456 e. The number of hydrogen-bond acceptors (Lipinski definition) is 9. The maximum absolute atomic E-state index is 12.8. The van der Waals surface area contributed by atoms with Gasteiger partial charge in [-0.2, -0.15) is 10.2 Å². The Hall–Kier alpha value is -4.01. The van der Waals surface area contributed by atoms with Crippen molar-refractivity contribution in [2.75, 3.05) is 0 Å². The van der Waals surface area contributed by atoms with Crippen LogP contribution in [0.5, 0.6) is 5.75 Å². The maximum Gasteiger partial charge on any atom is 0.338 e. The van der Waals surface area contributed by atoms with Crippen molar-refractivity contribution in [3.8, 4) is 5.75 Å². The molecule has 2 rings (SSSR count). The van der Waals surface area contributed by atoms with Crippen LogP contribution in [0, 0.1) is 0 Å². The van der Waals surface area contributed by atoms with Crippen LogP contribution < -0.4 is 4.74 Å². The molecule has 0 spiro atoms. The molecule has 0 aliphatic rings. The number of rotatable bonds is 14. The highest BCUT2D eigenvalue weighted by Crippen LogP contribution is 2.26. The lowest BCUT2D eigenvalue weighted by molar-refractivity contribution is -0.159. The standard InChI is InChI=1S/C34H46N2O7/c1-10-11-12-13-14-15-29(41-30(37)23(2)3)40-28-18-16-26(17-19-28)35-36-27-21-24(31(38)42-33(4,5)6)20-25(22-27)32(39)43-34(7,8)9/h16-22,29H,2,10-15H2,1,3-9H3. The smallest absolute Gasteiger partial charge is 0.338 e. The zero-order chi connectivity index (χ0) is 32.2. The van der Waals surface area contributed by atoms with Crippen molar-refractivity contribution in [2.24, 2.45) is 10.2 Å². The van der Waals surface area contributed by atoms with E-state index in [2.05, 4.69) is 23.7 Å². The van der Waals surface area contributed by atoms with Gasteiger partial charge in [0.05, 0.1) is 22.5 Å². The number of benzene rings is 2. The molecule has 0 aliphatic heterocycles. The molecule has 1 atom stereocenters. The van der Waals surface area contributed by atoms with Crippen molar-refractivity contribution in [1.29, 1.82) is 0 Å². The van der Waals surface area contributed by atoms with E-state index in [1.54, 1.807) is 72.7 Å². The Balaban J connectivity index is 2.23. The molecule has 1 unspecified atom stereocenters. The molecular weight excluding hydrogens is 548 g/mol. The van der Waals surface area contributed by atoms with E-state index in [4.69, 9.17) is 18.9 Å². The SMILES string of the molecule is C=C(C)C(=O)OC(CCCCCCC)Oc1ccc(N=Nc2cc(C(=O)OC(C)(C)C)cc(C(=O)OC(C)(C)C)c2)cc1. The summed E-state index contributed by atoms with van der Waals surface area (Å²) in [5.74, 6) is -1.18. The van der Waals surface area contributed by atoms with Crippen molar-refractivity contribution in [3.63, 3.8) is 0 Å². The molecule has 2 aromatic carbocycles. The molecule has 0 heterocycles. The molecule has 0 aromatic heterocycles. The molecule has 0 radical (unpaired) electrons. The fourth-order valence-corrected chi connectivity index (χ4v) is 3.71. The minimum absolute atomic E-state index is 0.154. The summed E-state index contributed by atoms with van der Waals surface area (Å²) in [4.78, 5) is 37.7. The van der Waals surface area contributed by atoms with Crippen molar-refractivity contribution >= 4 is 29.3 Å². The van der Waals surface area contributed by atoms with Crippen LogP contribution in [0.1, 0.15) is 115 Å². The number of esters is 3. The number of hydrogen-bond donors (Lipinski definition) is 0. The Labute approximate surface area is 255 Å². The quantitative estimate of drug-likeness (QED) is 0.0535. The van der Waals surface area contributed by atoms with Crippen LogP contribution in [-0.2, 0) is 19.0 Å². The molecule has 0 saturated heterocycles. The van der Waals surface area contributed by atoms with Crippen LogP contribution >= 0.6 is 0 Å². The average molecular weight is 595 g/mol. The number of azo groups is 1. The van der Waals surface area contributed by atoms with Crippen molar-refractivity contribution in [3.05, 3.63) is 65.7 Å². The van der Waals surface area contributed by atoms with Gasteiger partial charge in [0, 0.05) is 12.0 Å². The zero-order valence-electron chi connectivity index (χ0n) is 26.8. The second kappa shape index (κ2) is 16.0. The van der Waals surface area contributed by atoms with Gasteiger partial charge in [0.25, 0.3) is 0 Å². The number of carbonyl (C=O) groups is 3. The molecule has 43 heavy (non-hydrogen) atoms. The predicted octanol–water partition coefficient (Wildman–Crippen LogP) is 9.20. The molecule has 0 saturated carbocycles. The van der Waals surface area contributed by atoms with Gasteiger partial charge in [-0.15, -0.1) is 0 Å². The van der Waals surface area contributed by atoms with Gasteiger partial charge in [-0.05, 0) is 97.4 Å². The van der Waals surface area contributed by atoms with Gasteiger partial charge in [0.15, 0.2) is 0 Å². The first-order chi connectivity index (χ1) is 20.1. The van der Waals surface area contributed by atoms with Crippen molar-refractivity contribution in [2.45, 2.75) is 111 Å². The lowest BCUT2D eigenvalue weighted by Gasteiger charge is -2.21. The summed E-state index contributed by atoms with van der Waals surface area (Å²) in [6, 6.07) is 11.2. The van der Waals surface area contributed by atoms with Crippen LogP contribution in [0.15, 0.2) is 64.8 Å². The maximum atomic E-state index is 12.8. The number of unbranched alkanes of at least 4 members (excludes halogenated alkanes) is 4. The average Bonchev–Trinajstić information content (AvgIpc) is 2.90. The van der Waals surface area contributed by atoms with Crippen LogP contribution in [0.4, 0.5) is 11.4 Å². The fraction of sp³-hybridized carbons (Fsp3) is 0.500. The fourth-order valence-electron chi connectivity index (χ4n) is 3.71. The molecule has 0 bridgehead atoms. The zero-order valence-corrected chi connectivity index (χ0v) is 26.8. The summed E-state index contributed by atoms with van der Waals surface area (Å²) in [5.41, 5.74) is -0.0470. The van der Waals surface area contributed by atoms with Crippen LogP contribution in [0.3, 0.4) is 0 Å². The Kier molecular flexibility index (Phi) is 13.1. The first-order valence-corrected chi connectivity index (χ1v) is 14.7. The van der Waals surface area contributed by atoms with Gasteiger partial charge in [-0.25, -0.2) is 14.4 Å². The number of nitrogens with zero attached hydrogens (tertiary/aromatic N) is 2. The van der Waals surface area contributed by atoms with E-state index in [1.807, 2.05) is 0 Å². The van der Waals surface area contributed by atoms with E-state index < -0.39 is 35.4 Å². The molecule has 0 N–H and O–H groups in total. The Bertz CT molecular complexity index is 1240. The van der Waals surface area contributed by atoms with E-state index in [0.717, 1.165) is 25.7 Å². The molecule has 9 nitrogen and oxygen atoms in total. The third kappa shape index (κ3) is 13.7. The molecule has 0 amide bonds. The first-order valence-electron chi connectivity index (χ1n) is 14.7. The Morgan fingerprint density at radius 2 is 1.28 bits per heavy atom. The predicted molar refractivity (Wildman–Crippen MR) is 166 cm³/mol. The monoisotopic (exact) mass is 594 g/mol. The highest BCUT2D eigenvalue weighted by atomic mass is 16.7. The van der Waals surface area contributed by atoms with Crippen LogP contribution in [0.25, 0.3) is 0 Å². The minimum atomic E-state index is -0.736. The third-order valence-electron chi connectivity index (χ3n) is 5.70. The van der Waals surface area contributed by atoms with Gasteiger partial charge in [-0.1, -0.05) is 39.2 Å². The summed E-state index contributed by atoms with van der Waals surface area (Å²) >= 11 is 0. The van der Waals surface area contributed by atoms with E-state index in [-0.39, 0.29) is 16.8 Å². The Morgan fingerprint density at radius 3 is 1.77 bits per heavy atom. The van der Waals surface area contributed by atoms with Crippen LogP contribution in [-0.4, -0.2) is 35.4 Å². The van der Waals surface area contributed by atoms with Crippen molar-refractivity contribution in [1.82, 2.24) is 0 Å². The van der Waals surface area contributed by atoms with E-state index in [1.165, 1.54) is 24.6 Å². The Morgan fingerprint density at radius 1 is 0.767 bits per heavy atom. The summed E-state index contributed by atoms with van der Waals surface area (Å²) in [6.45, 7) is 18.0. The van der Waals surface area contributed by atoms with E-state index in [0.29, 0.717) is 23.4 Å². The summed E-state index contributed by atoms with van der Waals surface area (Å²) in [7, 11) is 0. The van der Waals surface area contributed by atoms with Gasteiger partial charge in [0.2, 0.25) is 6.29 Å². The second-order valence-electron chi connectivity index (χ2n) is 12.4. The lowest BCUT2D eigenvalue weighted by Crippen LogP contribution is -2.25. The third-order valence-corrected chi connectivity index (χ3v) is 5.70. The van der Waals surface area contributed by atoms with Gasteiger partial charge >= 0.3 is 17.9 Å². The summed E-state index contributed by atoms with van der Waals surface area (Å²) in [6.07, 6.45) is 5.17. The molecule has 2 aromatic rings. The van der Waals surface area contributed by atoms with E-state index in [9.17, 15) is 14.4 Å². The molecule has 9 heteroatoms.